The molecule has 4 nitrogen and oxygen atoms in total. The van der Waals surface area contributed by atoms with Crippen molar-refractivity contribution in [2.24, 2.45) is 0 Å². The Bertz CT molecular complexity index is 928. The van der Waals surface area contributed by atoms with Gasteiger partial charge < -0.3 is 0 Å². The summed E-state index contributed by atoms with van der Waals surface area (Å²) in [5.74, 6) is -0.0102. The van der Waals surface area contributed by atoms with E-state index in [0.29, 0.717) is 12.1 Å². The maximum atomic E-state index is 12.4. The van der Waals surface area contributed by atoms with Crippen molar-refractivity contribution in [2.45, 2.75) is 39.2 Å². The third-order valence-electron chi connectivity index (χ3n) is 4.41. The van der Waals surface area contributed by atoms with Crippen LogP contribution in [0.2, 0.25) is 0 Å². The second-order valence-corrected chi connectivity index (χ2v) is 8.76. The van der Waals surface area contributed by atoms with E-state index in [-0.39, 0.29) is 26.2 Å². The molecule has 5 heteroatoms. The van der Waals surface area contributed by atoms with Gasteiger partial charge in [-0.3, -0.25) is 0 Å². The quantitative estimate of drug-likeness (QED) is 0.453. The van der Waals surface area contributed by atoms with Crippen molar-refractivity contribution >= 4 is 30.3 Å². The second-order valence-electron chi connectivity index (χ2n) is 6.53. The summed E-state index contributed by atoms with van der Waals surface area (Å²) in [6.07, 6.45) is 4.14. The normalized spacial score (nSPS) is 11.0. The molecule has 3 rings (SSSR count). The van der Waals surface area contributed by atoms with Crippen LogP contribution in [0.5, 0.6) is 0 Å². The van der Waals surface area contributed by atoms with Crippen molar-refractivity contribution in [3.63, 3.8) is 0 Å². The molecule has 0 bridgehead atoms. The first kappa shape index (κ1) is 18.7. The molecule has 3 aromatic rings. The van der Waals surface area contributed by atoms with Crippen molar-refractivity contribution in [3.8, 4) is 0 Å². The Balaban J connectivity index is 1.37. The summed E-state index contributed by atoms with van der Waals surface area (Å²) in [7, 11) is 0. The number of aryl methyl sites for hydroxylation is 2. The number of unbranched alkanes of at least 4 members (excludes halogenated alkanes) is 3. The molecule has 1 heterocycles. The first-order chi connectivity index (χ1) is 12.6. The Morgan fingerprint density at radius 3 is 2.62 bits per heavy atom. The SMILES string of the molecule is Cc1ccc2c(=O)n(CCCCCCNC(=O)c3ccccc3)[se]c2c1. The van der Waals surface area contributed by atoms with Crippen LogP contribution >= 0.6 is 0 Å². The van der Waals surface area contributed by atoms with Gasteiger partial charge in [-0.15, -0.1) is 0 Å². The number of hydrogen-bond donors (Lipinski definition) is 1. The first-order valence-corrected chi connectivity index (χ1v) is 10.7. The summed E-state index contributed by atoms with van der Waals surface area (Å²) in [4.78, 5) is 24.3. The third-order valence-corrected chi connectivity index (χ3v) is 6.73. The van der Waals surface area contributed by atoms with E-state index in [0.717, 1.165) is 37.6 Å². The predicted octanol–water partition coefficient (Wildman–Crippen LogP) is 3.36. The van der Waals surface area contributed by atoms with Crippen LogP contribution in [0.3, 0.4) is 0 Å². The van der Waals surface area contributed by atoms with E-state index in [4.69, 9.17) is 0 Å². The van der Waals surface area contributed by atoms with Gasteiger partial charge in [-0.1, -0.05) is 6.07 Å². The van der Waals surface area contributed by atoms with Crippen LogP contribution in [0.25, 0.3) is 9.65 Å². The molecule has 1 amide bonds. The average molecular weight is 415 g/mol. The molecular weight excluding hydrogens is 391 g/mol. The number of amides is 1. The van der Waals surface area contributed by atoms with Crippen molar-refractivity contribution in [1.29, 1.82) is 0 Å². The number of rotatable bonds is 8. The van der Waals surface area contributed by atoms with E-state index >= 15 is 0 Å². The molecule has 0 saturated heterocycles. The summed E-state index contributed by atoms with van der Waals surface area (Å²) in [6, 6.07) is 15.4. The molecule has 26 heavy (non-hydrogen) atoms. The van der Waals surface area contributed by atoms with Crippen molar-refractivity contribution < 1.29 is 4.79 Å². The third kappa shape index (κ3) is 4.74. The number of carbonyl (C=O) groups excluding carboxylic acids is 1. The zero-order valence-corrected chi connectivity index (χ0v) is 16.7. The van der Waals surface area contributed by atoms with Crippen LogP contribution in [-0.2, 0) is 6.54 Å². The Hall–Kier alpha value is -2.10. The van der Waals surface area contributed by atoms with E-state index < -0.39 is 0 Å². The number of benzene rings is 2. The van der Waals surface area contributed by atoms with E-state index in [1.54, 1.807) is 0 Å². The molecule has 2 aromatic carbocycles. The number of nitrogens with one attached hydrogen (secondary N) is 1. The zero-order chi connectivity index (χ0) is 18.4. The molecule has 1 N–H and O–H groups in total. The van der Waals surface area contributed by atoms with Gasteiger partial charge in [-0.2, -0.15) is 0 Å². The molecule has 136 valence electrons. The summed E-state index contributed by atoms with van der Waals surface area (Å²) in [5.41, 5.74) is 2.12. The summed E-state index contributed by atoms with van der Waals surface area (Å²) < 4.78 is 3.22. The Kier molecular flexibility index (Phi) is 6.48. The Morgan fingerprint density at radius 1 is 1.04 bits per heavy atom. The fraction of sp³-hybridized carbons (Fsp3) is 0.333. The summed E-state index contributed by atoms with van der Waals surface area (Å²) in [6.45, 7) is 3.61. The van der Waals surface area contributed by atoms with Gasteiger partial charge >= 0.3 is 154 Å². The molecular formula is C21H24N2O2Se. The van der Waals surface area contributed by atoms with E-state index in [1.165, 1.54) is 9.82 Å². The van der Waals surface area contributed by atoms with Gasteiger partial charge in [0, 0.05) is 0 Å². The van der Waals surface area contributed by atoms with Crippen molar-refractivity contribution in [2.75, 3.05) is 6.54 Å². The first-order valence-electron chi connectivity index (χ1n) is 9.09. The van der Waals surface area contributed by atoms with Crippen LogP contribution in [0.15, 0.2) is 53.3 Å². The minimum atomic E-state index is -0.0102. The number of nitrogens with zero attached hydrogens (tertiary/aromatic N) is 1. The van der Waals surface area contributed by atoms with Crippen molar-refractivity contribution in [1.82, 2.24) is 8.88 Å². The number of hydrogen-bond acceptors (Lipinski definition) is 2. The molecule has 0 spiro atoms. The van der Waals surface area contributed by atoms with Gasteiger partial charge in [0.1, 0.15) is 0 Å². The molecule has 0 unspecified atom stereocenters. The van der Waals surface area contributed by atoms with E-state index in [2.05, 4.69) is 18.3 Å². The standard InChI is InChI=1S/C21H24N2O2Se/c1-16-11-12-18-19(15-16)26-23(21(18)25)14-8-3-2-7-13-22-20(24)17-9-5-4-6-10-17/h4-6,9-12,15H,2-3,7-8,13-14H2,1H3,(H,22,24). The number of aromatic nitrogens is 1. The van der Waals surface area contributed by atoms with Crippen LogP contribution in [-0.4, -0.2) is 30.7 Å². The van der Waals surface area contributed by atoms with Crippen LogP contribution < -0.4 is 10.9 Å². The van der Waals surface area contributed by atoms with E-state index in [1.807, 2.05) is 46.0 Å². The molecule has 0 aliphatic rings. The number of fused-ring (bicyclic) bond motifs is 1. The average Bonchev–Trinajstić information content (AvgIpc) is 2.96. The minimum absolute atomic E-state index is 0.0102. The molecule has 0 radical (unpaired) electrons. The fourth-order valence-corrected chi connectivity index (χ4v) is 5.32. The van der Waals surface area contributed by atoms with Gasteiger partial charge in [0.05, 0.1) is 0 Å². The van der Waals surface area contributed by atoms with E-state index in [9.17, 15) is 9.59 Å². The van der Waals surface area contributed by atoms with Gasteiger partial charge in [0.2, 0.25) is 0 Å². The van der Waals surface area contributed by atoms with Crippen LogP contribution in [0.4, 0.5) is 0 Å². The van der Waals surface area contributed by atoms with Crippen molar-refractivity contribution in [3.05, 3.63) is 70.0 Å². The predicted molar refractivity (Wildman–Crippen MR) is 107 cm³/mol. The molecule has 0 aliphatic heterocycles. The van der Waals surface area contributed by atoms with Crippen LogP contribution in [0.1, 0.15) is 41.6 Å². The zero-order valence-electron chi connectivity index (χ0n) is 15.0. The van der Waals surface area contributed by atoms with Gasteiger partial charge in [0.25, 0.3) is 0 Å². The Labute approximate surface area is 159 Å². The molecule has 0 saturated carbocycles. The van der Waals surface area contributed by atoms with Gasteiger partial charge in [0.15, 0.2) is 0 Å². The van der Waals surface area contributed by atoms with Gasteiger partial charge in [-0.05, 0) is 0 Å². The molecule has 1 aromatic heterocycles. The maximum absolute atomic E-state index is 12.4. The summed E-state index contributed by atoms with van der Waals surface area (Å²) in [5, 5.41) is 3.84. The molecule has 0 atom stereocenters. The number of carbonyl (C=O) groups is 1. The topological polar surface area (TPSA) is 51.1 Å². The van der Waals surface area contributed by atoms with Crippen LogP contribution in [0, 0.1) is 6.92 Å². The Morgan fingerprint density at radius 2 is 1.81 bits per heavy atom. The summed E-state index contributed by atoms with van der Waals surface area (Å²) >= 11 is 0.127. The monoisotopic (exact) mass is 416 g/mol. The molecule has 0 aliphatic carbocycles. The van der Waals surface area contributed by atoms with Gasteiger partial charge in [-0.25, -0.2) is 0 Å². The second kappa shape index (κ2) is 9.02. The fourth-order valence-electron chi connectivity index (χ4n) is 2.95. The molecule has 0 fully saturated rings.